The Kier molecular flexibility index (Phi) is 4.60. The number of alkyl halides is 1. The quantitative estimate of drug-likeness (QED) is 0.809. The molecule has 1 unspecified atom stereocenters. The summed E-state index contributed by atoms with van der Waals surface area (Å²) in [7, 11) is 0. The number of hydrogen-bond acceptors (Lipinski definition) is 1. The van der Waals surface area contributed by atoms with Crippen molar-refractivity contribution in [1.82, 2.24) is 0 Å². The zero-order valence-electron chi connectivity index (χ0n) is 11.2. The third-order valence-corrected chi connectivity index (χ3v) is 3.77. The molecule has 1 aromatic carbocycles. The highest BCUT2D eigenvalue weighted by atomic mass is 32.1. The average molecular weight is 268 g/mol. The zero-order valence-corrected chi connectivity index (χ0v) is 12.2. The molecular weight excluding hydrogens is 247 g/mol. The van der Waals surface area contributed by atoms with Gasteiger partial charge in [-0.3, -0.25) is 4.79 Å². The molecule has 1 aromatic rings. The molecule has 18 heavy (non-hydrogen) atoms. The van der Waals surface area contributed by atoms with Crippen molar-refractivity contribution in [2.24, 2.45) is 5.92 Å². The van der Waals surface area contributed by atoms with E-state index in [0.717, 1.165) is 24.0 Å². The van der Waals surface area contributed by atoms with E-state index in [-0.39, 0.29) is 25.2 Å². The van der Waals surface area contributed by atoms with Crippen LogP contribution in [0.1, 0.15) is 43.7 Å². The van der Waals surface area contributed by atoms with Crippen LogP contribution in [0.4, 0.5) is 4.39 Å². The van der Waals surface area contributed by atoms with Crippen molar-refractivity contribution in [2.75, 3.05) is 0 Å². The molecule has 0 aliphatic heterocycles. The van der Waals surface area contributed by atoms with E-state index >= 15 is 0 Å². The molecule has 1 nitrogen and oxygen atoms in total. The van der Waals surface area contributed by atoms with Crippen molar-refractivity contribution in [3.63, 3.8) is 0 Å². The molecule has 2 rings (SSSR count). The van der Waals surface area contributed by atoms with E-state index in [1.54, 1.807) is 0 Å². The summed E-state index contributed by atoms with van der Waals surface area (Å²) in [6.45, 7) is 4.78. The Labute approximate surface area is 115 Å². The first-order chi connectivity index (χ1) is 7.93. The molecule has 1 aliphatic rings. The van der Waals surface area contributed by atoms with Gasteiger partial charge in [-0.25, -0.2) is 4.39 Å². The molecule has 1 aliphatic carbocycles. The Hall–Kier alpha value is -0.830. The number of carbonyl (C=O) groups is 1. The topological polar surface area (TPSA) is 17.1 Å². The molecule has 0 N–H and O–H groups in total. The molecule has 100 valence electrons. The summed E-state index contributed by atoms with van der Waals surface area (Å²) < 4.78 is 14.6. The van der Waals surface area contributed by atoms with Gasteiger partial charge in [0.1, 0.15) is 0 Å². The van der Waals surface area contributed by atoms with Crippen LogP contribution in [0.5, 0.6) is 0 Å². The number of rotatable bonds is 4. The first kappa shape index (κ1) is 15.2. The minimum absolute atomic E-state index is 0. The lowest BCUT2D eigenvalue weighted by molar-refractivity contribution is -0.129. The number of benzene rings is 1. The second-order valence-corrected chi connectivity index (χ2v) is 5.36. The van der Waals surface area contributed by atoms with Gasteiger partial charge in [0, 0.05) is 5.92 Å². The third kappa shape index (κ3) is 2.94. The van der Waals surface area contributed by atoms with Crippen LogP contribution in [-0.4, -0.2) is 11.5 Å². The van der Waals surface area contributed by atoms with Crippen LogP contribution in [0.2, 0.25) is 0 Å². The van der Waals surface area contributed by atoms with Gasteiger partial charge in [0.2, 0.25) is 0 Å². The fourth-order valence-electron chi connectivity index (χ4n) is 2.54. The lowest BCUT2D eigenvalue weighted by atomic mass is 9.78. The molecule has 0 radical (unpaired) electrons. The van der Waals surface area contributed by atoms with Crippen LogP contribution >= 0.6 is 13.5 Å². The third-order valence-electron chi connectivity index (χ3n) is 3.77. The monoisotopic (exact) mass is 268 g/mol. The first-order valence-corrected chi connectivity index (χ1v) is 6.19. The molecule has 0 aromatic heterocycles. The van der Waals surface area contributed by atoms with Crippen molar-refractivity contribution in [3.05, 3.63) is 35.4 Å². The fraction of sp³-hybridized carbons (Fsp3) is 0.533. The number of halogens is 1. The van der Waals surface area contributed by atoms with Crippen molar-refractivity contribution in [2.45, 2.75) is 45.2 Å². The number of hydrogen-bond donors (Lipinski definition) is 0. The minimum Gasteiger partial charge on any atom is -0.296 e. The summed E-state index contributed by atoms with van der Waals surface area (Å²) in [4.78, 5) is 11.5. The fourth-order valence-corrected chi connectivity index (χ4v) is 2.54. The van der Waals surface area contributed by atoms with Crippen molar-refractivity contribution in [1.29, 1.82) is 0 Å². The zero-order chi connectivity index (χ0) is 12.6. The standard InChI is InChI=1S/C15H19FO.H2S/c1-10-5-4-6-13(9-10)14(12-7-8-12)15(3,16)11(2)17;/h4-6,9,12,14H,7-8H2,1-3H3;1H2/t14-,15?;/m0./s1. The first-order valence-electron chi connectivity index (χ1n) is 6.19. The maximum atomic E-state index is 14.6. The Morgan fingerprint density at radius 2 is 2.06 bits per heavy atom. The maximum Gasteiger partial charge on any atom is 0.172 e. The van der Waals surface area contributed by atoms with Crippen LogP contribution < -0.4 is 0 Å². The van der Waals surface area contributed by atoms with Gasteiger partial charge >= 0.3 is 0 Å². The smallest absolute Gasteiger partial charge is 0.172 e. The van der Waals surface area contributed by atoms with Crippen molar-refractivity contribution < 1.29 is 9.18 Å². The summed E-state index contributed by atoms with van der Waals surface area (Å²) in [5, 5.41) is 0. The molecule has 1 fully saturated rings. The van der Waals surface area contributed by atoms with E-state index < -0.39 is 5.67 Å². The van der Waals surface area contributed by atoms with Gasteiger partial charge in [0.15, 0.2) is 11.5 Å². The Bertz CT molecular complexity index is 438. The van der Waals surface area contributed by atoms with E-state index in [9.17, 15) is 9.18 Å². The predicted molar refractivity (Wildman–Crippen MR) is 77.2 cm³/mol. The number of aryl methyl sites for hydroxylation is 1. The lowest BCUT2D eigenvalue weighted by Crippen LogP contribution is -2.36. The van der Waals surface area contributed by atoms with Gasteiger partial charge in [-0.2, -0.15) is 13.5 Å². The average Bonchev–Trinajstić information content (AvgIpc) is 3.01. The number of Topliss-reactive ketones (excluding diaryl/α,β-unsaturated/α-hetero) is 1. The SMILES string of the molecule is CC(=O)C(C)(F)[C@H](c1cccc(C)c1)C1CC1.S. The van der Waals surface area contributed by atoms with E-state index in [4.69, 9.17) is 0 Å². The molecule has 0 spiro atoms. The normalized spacial score (nSPS) is 19.6. The summed E-state index contributed by atoms with van der Waals surface area (Å²) in [5.74, 6) is -0.313. The van der Waals surface area contributed by atoms with E-state index in [0.29, 0.717) is 5.92 Å². The Balaban J connectivity index is 0.00000162. The molecular formula is C15H21FOS. The molecule has 3 heteroatoms. The van der Waals surface area contributed by atoms with E-state index in [1.165, 1.54) is 13.8 Å². The molecule has 0 heterocycles. The van der Waals surface area contributed by atoms with E-state index in [2.05, 4.69) is 0 Å². The Morgan fingerprint density at radius 1 is 1.44 bits per heavy atom. The second kappa shape index (κ2) is 5.43. The lowest BCUT2D eigenvalue weighted by Gasteiger charge is -2.29. The van der Waals surface area contributed by atoms with Gasteiger partial charge in [0.05, 0.1) is 0 Å². The molecule has 1 saturated carbocycles. The van der Waals surface area contributed by atoms with E-state index in [1.807, 2.05) is 31.2 Å². The van der Waals surface area contributed by atoms with Crippen LogP contribution in [0.25, 0.3) is 0 Å². The second-order valence-electron chi connectivity index (χ2n) is 5.36. The maximum absolute atomic E-state index is 14.6. The van der Waals surface area contributed by atoms with Crippen LogP contribution in [0, 0.1) is 12.8 Å². The molecule has 0 amide bonds. The molecule has 0 bridgehead atoms. The van der Waals surface area contributed by atoms with Gasteiger partial charge < -0.3 is 0 Å². The number of ketones is 1. The minimum atomic E-state index is -1.74. The van der Waals surface area contributed by atoms with Crippen LogP contribution in [0.15, 0.2) is 24.3 Å². The van der Waals surface area contributed by atoms with Crippen LogP contribution in [-0.2, 0) is 4.79 Å². The number of carbonyl (C=O) groups excluding carboxylic acids is 1. The highest BCUT2D eigenvalue weighted by Gasteiger charge is 2.48. The highest BCUT2D eigenvalue weighted by Crippen LogP contribution is 2.49. The highest BCUT2D eigenvalue weighted by molar-refractivity contribution is 7.59. The summed E-state index contributed by atoms with van der Waals surface area (Å²) in [6, 6.07) is 7.88. The van der Waals surface area contributed by atoms with Crippen LogP contribution in [0.3, 0.4) is 0 Å². The summed E-state index contributed by atoms with van der Waals surface area (Å²) >= 11 is 0. The van der Waals surface area contributed by atoms with Gasteiger partial charge in [-0.15, -0.1) is 0 Å². The largest absolute Gasteiger partial charge is 0.296 e. The summed E-state index contributed by atoms with van der Waals surface area (Å²) in [6.07, 6.45) is 2.07. The molecule has 0 saturated heterocycles. The van der Waals surface area contributed by atoms with Gasteiger partial charge in [-0.05, 0) is 45.1 Å². The van der Waals surface area contributed by atoms with Gasteiger partial charge in [0.25, 0.3) is 0 Å². The predicted octanol–water partition coefficient (Wildman–Crippen LogP) is 3.92. The van der Waals surface area contributed by atoms with Crippen molar-refractivity contribution >= 4 is 19.3 Å². The summed E-state index contributed by atoms with van der Waals surface area (Å²) in [5.41, 5.74) is 0.342. The van der Waals surface area contributed by atoms with Crippen molar-refractivity contribution in [3.8, 4) is 0 Å². The van der Waals surface area contributed by atoms with Gasteiger partial charge in [-0.1, -0.05) is 29.8 Å². The molecule has 2 atom stereocenters. The Morgan fingerprint density at radius 3 is 2.50 bits per heavy atom.